The Balaban J connectivity index is 2.21. The minimum absolute atomic E-state index is 0.0515. The molecule has 0 aromatic heterocycles. The van der Waals surface area contributed by atoms with Crippen molar-refractivity contribution in [1.82, 2.24) is 10.6 Å². The number of carbonyl (C=O) groups excluding carboxylic acids is 2. The van der Waals surface area contributed by atoms with Crippen molar-refractivity contribution in [1.29, 1.82) is 0 Å². The van der Waals surface area contributed by atoms with Gasteiger partial charge in [-0.1, -0.05) is 6.07 Å². The normalized spacial score (nSPS) is 9.95. The summed E-state index contributed by atoms with van der Waals surface area (Å²) in [4.78, 5) is 33.1. The zero-order valence-corrected chi connectivity index (χ0v) is 11.1. The fourth-order valence-electron chi connectivity index (χ4n) is 1.38. The molecule has 21 heavy (non-hydrogen) atoms. The second-order valence-corrected chi connectivity index (χ2v) is 3.99. The van der Waals surface area contributed by atoms with Crippen LogP contribution in [0.3, 0.4) is 0 Å². The summed E-state index contributed by atoms with van der Waals surface area (Å²) in [6, 6.07) is 5.09. The largest absolute Gasteiger partial charge is 0.480 e. The lowest BCUT2D eigenvalue weighted by atomic mass is 10.2. The molecular weight excluding hydrogens is 283 g/mol. The van der Waals surface area contributed by atoms with Crippen LogP contribution in [0.2, 0.25) is 0 Å². The number of carbonyl (C=O) groups is 3. The number of hydrogen-bond acceptors (Lipinski definition) is 4. The molecule has 0 saturated heterocycles. The maximum Gasteiger partial charge on any atom is 0.329 e. The van der Waals surface area contributed by atoms with Crippen LogP contribution in [0.25, 0.3) is 0 Å². The topological polar surface area (TPSA) is 105 Å². The van der Waals surface area contributed by atoms with Crippen molar-refractivity contribution in [3.8, 4) is 0 Å². The van der Waals surface area contributed by atoms with Gasteiger partial charge >= 0.3 is 5.97 Å². The van der Waals surface area contributed by atoms with Crippen LogP contribution in [0.4, 0.5) is 4.39 Å². The summed E-state index contributed by atoms with van der Waals surface area (Å²) in [5.41, 5.74) is 0.118. The molecule has 3 N–H and O–H groups in total. The Kier molecular flexibility index (Phi) is 6.82. The third-order valence-corrected chi connectivity index (χ3v) is 2.29. The van der Waals surface area contributed by atoms with Crippen LogP contribution in [0, 0.1) is 5.82 Å². The van der Waals surface area contributed by atoms with E-state index >= 15 is 0 Å². The molecule has 114 valence electrons. The van der Waals surface area contributed by atoms with E-state index in [2.05, 4.69) is 10.6 Å². The lowest BCUT2D eigenvalue weighted by molar-refractivity contribution is -0.142. The molecule has 0 spiro atoms. The minimum Gasteiger partial charge on any atom is -0.480 e. The Morgan fingerprint density at radius 3 is 2.67 bits per heavy atom. The number of carboxylic acids is 1. The summed E-state index contributed by atoms with van der Waals surface area (Å²) >= 11 is 0. The summed E-state index contributed by atoms with van der Waals surface area (Å²) in [6.07, 6.45) is 0. The summed E-state index contributed by atoms with van der Waals surface area (Å²) in [5.74, 6) is -2.66. The Hall–Kier alpha value is -2.48. The molecule has 0 saturated carbocycles. The van der Waals surface area contributed by atoms with E-state index in [0.717, 1.165) is 6.07 Å². The first-order valence-corrected chi connectivity index (χ1v) is 6.09. The summed E-state index contributed by atoms with van der Waals surface area (Å²) in [6.45, 7) is -0.529. The molecule has 0 bridgehead atoms. The average Bonchev–Trinajstić information content (AvgIpc) is 2.44. The molecule has 1 aromatic carbocycles. The molecule has 0 fully saturated rings. The average molecular weight is 298 g/mol. The van der Waals surface area contributed by atoms with Crippen LogP contribution in [-0.2, 0) is 14.3 Å². The van der Waals surface area contributed by atoms with E-state index in [1.165, 1.54) is 18.2 Å². The number of halogens is 1. The first-order chi connectivity index (χ1) is 9.99. The quantitative estimate of drug-likeness (QED) is 0.575. The van der Waals surface area contributed by atoms with Crippen molar-refractivity contribution in [3.05, 3.63) is 35.6 Å². The van der Waals surface area contributed by atoms with Gasteiger partial charge in [-0.05, 0) is 18.2 Å². The van der Waals surface area contributed by atoms with E-state index in [0.29, 0.717) is 0 Å². The predicted octanol–water partition coefficient (Wildman–Crippen LogP) is -0.227. The van der Waals surface area contributed by atoms with Crippen molar-refractivity contribution >= 4 is 17.8 Å². The molecule has 1 aromatic rings. The maximum atomic E-state index is 12.9. The van der Waals surface area contributed by atoms with Gasteiger partial charge < -0.3 is 20.5 Å². The number of amides is 2. The van der Waals surface area contributed by atoms with Crippen LogP contribution in [0.15, 0.2) is 24.3 Å². The molecule has 0 aliphatic heterocycles. The van der Waals surface area contributed by atoms with E-state index < -0.39 is 30.2 Å². The maximum absolute atomic E-state index is 12.9. The number of nitrogens with one attached hydrogen (secondary N) is 2. The third kappa shape index (κ3) is 7.02. The molecule has 7 nitrogen and oxygen atoms in total. The highest BCUT2D eigenvalue weighted by Crippen LogP contribution is 2.02. The Morgan fingerprint density at radius 2 is 2.00 bits per heavy atom. The Morgan fingerprint density at radius 1 is 1.24 bits per heavy atom. The van der Waals surface area contributed by atoms with Crippen LogP contribution < -0.4 is 10.6 Å². The number of aliphatic carboxylic acids is 1. The monoisotopic (exact) mass is 298 g/mol. The number of benzene rings is 1. The van der Waals surface area contributed by atoms with Gasteiger partial charge in [-0.15, -0.1) is 0 Å². The van der Waals surface area contributed by atoms with E-state index in [-0.39, 0.29) is 25.3 Å². The minimum atomic E-state index is -1.09. The molecule has 2 amide bonds. The number of carboxylic acid groups (broad SMARTS) is 1. The van der Waals surface area contributed by atoms with Gasteiger partial charge in [0.15, 0.2) is 0 Å². The van der Waals surface area contributed by atoms with E-state index in [9.17, 15) is 18.8 Å². The van der Waals surface area contributed by atoms with Gasteiger partial charge in [0.1, 0.15) is 12.4 Å². The molecule has 0 unspecified atom stereocenters. The van der Waals surface area contributed by atoms with Crippen LogP contribution in [0.1, 0.15) is 10.4 Å². The molecule has 0 radical (unpaired) electrons. The van der Waals surface area contributed by atoms with Gasteiger partial charge in [-0.2, -0.15) is 0 Å². The summed E-state index contributed by atoms with van der Waals surface area (Å²) in [5, 5.41) is 13.1. The first kappa shape index (κ1) is 16.6. The van der Waals surface area contributed by atoms with E-state index in [4.69, 9.17) is 9.84 Å². The predicted molar refractivity (Wildman–Crippen MR) is 70.2 cm³/mol. The SMILES string of the molecule is O=C(O)COCCNC(=O)CNC(=O)c1cccc(F)c1. The fourth-order valence-corrected chi connectivity index (χ4v) is 1.38. The van der Waals surface area contributed by atoms with E-state index in [1.807, 2.05) is 0 Å². The van der Waals surface area contributed by atoms with Gasteiger partial charge in [0.2, 0.25) is 5.91 Å². The molecule has 0 atom stereocenters. The lowest BCUT2D eigenvalue weighted by Crippen LogP contribution is -2.38. The summed E-state index contributed by atoms with van der Waals surface area (Å²) in [7, 11) is 0. The van der Waals surface area contributed by atoms with E-state index in [1.54, 1.807) is 0 Å². The highest BCUT2D eigenvalue weighted by Gasteiger charge is 2.08. The standard InChI is InChI=1S/C13H15FN2O5/c14-10-3-1-2-9(6-10)13(20)16-7-11(17)15-4-5-21-8-12(18)19/h1-3,6H,4-5,7-8H2,(H,15,17)(H,16,20)(H,18,19). The molecule has 1 rings (SSSR count). The van der Waals surface area contributed by atoms with Crippen molar-refractivity contribution in [2.45, 2.75) is 0 Å². The molecule has 0 heterocycles. The Labute approximate surface area is 120 Å². The van der Waals surface area contributed by atoms with Crippen molar-refractivity contribution < 1.29 is 28.6 Å². The van der Waals surface area contributed by atoms with Crippen LogP contribution in [0.5, 0.6) is 0 Å². The lowest BCUT2D eigenvalue weighted by Gasteiger charge is -2.07. The highest BCUT2D eigenvalue weighted by atomic mass is 19.1. The second-order valence-electron chi connectivity index (χ2n) is 3.99. The summed E-state index contributed by atoms with van der Waals surface area (Å²) < 4.78 is 17.6. The van der Waals surface area contributed by atoms with Crippen molar-refractivity contribution in [2.75, 3.05) is 26.3 Å². The first-order valence-electron chi connectivity index (χ1n) is 6.09. The number of hydrogen-bond donors (Lipinski definition) is 3. The van der Waals surface area contributed by atoms with Gasteiger partial charge in [-0.25, -0.2) is 9.18 Å². The zero-order chi connectivity index (χ0) is 15.7. The zero-order valence-electron chi connectivity index (χ0n) is 11.1. The molecule has 8 heteroatoms. The fraction of sp³-hybridized carbons (Fsp3) is 0.308. The molecule has 0 aliphatic carbocycles. The highest BCUT2D eigenvalue weighted by molar-refractivity contribution is 5.96. The van der Waals surface area contributed by atoms with Gasteiger partial charge in [0, 0.05) is 12.1 Å². The number of rotatable bonds is 8. The number of ether oxygens (including phenoxy) is 1. The molecule has 0 aliphatic rings. The van der Waals surface area contributed by atoms with Crippen LogP contribution in [-0.4, -0.2) is 49.2 Å². The third-order valence-electron chi connectivity index (χ3n) is 2.29. The van der Waals surface area contributed by atoms with Crippen molar-refractivity contribution in [2.24, 2.45) is 0 Å². The van der Waals surface area contributed by atoms with Gasteiger partial charge in [-0.3, -0.25) is 9.59 Å². The van der Waals surface area contributed by atoms with Crippen LogP contribution >= 0.6 is 0 Å². The Bertz CT molecular complexity index is 521. The van der Waals surface area contributed by atoms with Gasteiger partial charge in [0.25, 0.3) is 5.91 Å². The molecular formula is C13H15FN2O5. The smallest absolute Gasteiger partial charge is 0.329 e. The second kappa shape index (κ2) is 8.64. The van der Waals surface area contributed by atoms with Gasteiger partial charge in [0.05, 0.1) is 13.2 Å². The van der Waals surface area contributed by atoms with Crippen molar-refractivity contribution in [3.63, 3.8) is 0 Å².